The van der Waals surface area contributed by atoms with Crippen LogP contribution < -0.4 is 0 Å². The lowest BCUT2D eigenvalue weighted by Gasteiger charge is -1.70. The Hall–Kier alpha value is -0.310. The Labute approximate surface area is 44.1 Å². The second kappa shape index (κ2) is 1.43. The maximum absolute atomic E-state index is 3.61. The molecule has 6 heavy (non-hydrogen) atoms. The lowest BCUT2D eigenvalue weighted by molar-refractivity contribution is 1.24. The molecule has 0 bridgehead atoms. The van der Waals surface area contributed by atoms with Gasteiger partial charge in [-0.2, -0.15) is 0 Å². The van der Waals surface area contributed by atoms with Crippen molar-refractivity contribution in [2.24, 2.45) is 0 Å². The van der Waals surface area contributed by atoms with E-state index in [9.17, 15) is 0 Å². The molecule has 0 N–H and O–H groups in total. The van der Waals surface area contributed by atoms with Gasteiger partial charge in [-0.15, -0.1) is 0 Å². The molecule has 1 radical (unpaired) electrons. The Bertz CT molecular complexity index is 112. The lowest BCUT2D eigenvalue weighted by Crippen LogP contribution is -1.64. The van der Waals surface area contributed by atoms with Crippen LogP contribution in [-0.2, 0) is 0 Å². The standard InChI is InChI=1S/C3H2BrN2/c4-6-2-1-5-3-6/h1-2H. The average molecular weight is 146 g/mol. The molecule has 2 nitrogen and oxygen atoms in total. The summed E-state index contributed by atoms with van der Waals surface area (Å²) in [5.74, 6) is 0. The molecule has 3 heteroatoms. The first-order valence-corrected chi connectivity index (χ1v) is 2.18. The van der Waals surface area contributed by atoms with Gasteiger partial charge < -0.3 is 0 Å². The Balaban J connectivity index is 3.05. The summed E-state index contributed by atoms with van der Waals surface area (Å²) in [5.41, 5.74) is 0. The zero-order chi connectivity index (χ0) is 4.41. The van der Waals surface area contributed by atoms with E-state index in [1.165, 1.54) is 0 Å². The predicted octanol–water partition coefficient (Wildman–Crippen LogP) is 0.841. The molecule has 1 heterocycles. The molecule has 0 amide bonds. The highest BCUT2D eigenvalue weighted by Crippen LogP contribution is 1.86. The minimum atomic E-state index is 1.58. The fourth-order valence-corrected chi connectivity index (χ4v) is 0.411. The molecule has 0 aliphatic carbocycles. The molecule has 1 rings (SSSR count). The Morgan fingerprint density at radius 3 is 2.83 bits per heavy atom. The Morgan fingerprint density at radius 1 is 1.83 bits per heavy atom. The summed E-state index contributed by atoms with van der Waals surface area (Å²) >= 11 is 3.08. The van der Waals surface area contributed by atoms with Crippen LogP contribution >= 0.6 is 16.1 Å². The number of halogens is 1. The minimum Gasteiger partial charge on any atom is -0.263 e. The van der Waals surface area contributed by atoms with Crippen molar-refractivity contribution >= 4 is 16.1 Å². The molecule has 0 aliphatic rings. The van der Waals surface area contributed by atoms with Crippen LogP contribution in [0.25, 0.3) is 0 Å². The number of nitrogens with zero attached hydrogens (tertiary/aromatic N) is 2. The van der Waals surface area contributed by atoms with E-state index in [-0.39, 0.29) is 0 Å². The first-order chi connectivity index (χ1) is 2.89. The van der Waals surface area contributed by atoms with Crippen molar-refractivity contribution in [3.8, 4) is 0 Å². The van der Waals surface area contributed by atoms with Crippen LogP contribution in [-0.4, -0.2) is 8.58 Å². The molecular formula is C3H2BrN2. The summed E-state index contributed by atoms with van der Waals surface area (Å²) in [6, 6.07) is 0. The fourth-order valence-electron chi connectivity index (χ4n) is 0.214. The predicted molar refractivity (Wildman–Crippen MR) is 25.4 cm³/mol. The molecule has 0 unspecified atom stereocenters. The van der Waals surface area contributed by atoms with E-state index in [0.717, 1.165) is 0 Å². The average Bonchev–Trinajstić information content (AvgIpc) is 1.86. The van der Waals surface area contributed by atoms with Crippen LogP contribution in [0.5, 0.6) is 0 Å². The summed E-state index contributed by atoms with van der Waals surface area (Å²) in [4.78, 5) is 3.61. The largest absolute Gasteiger partial charge is 0.263 e. The molecule has 0 saturated carbocycles. The van der Waals surface area contributed by atoms with Gasteiger partial charge in [0, 0.05) is 12.4 Å². The number of hydrogen-bond acceptors (Lipinski definition) is 1. The summed E-state index contributed by atoms with van der Waals surface area (Å²) in [7, 11) is 0. The third-order valence-corrected chi connectivity index (χ3v) is 0.820. The van der Waals surface area contributed by atoms with Gasteiger partial charge in [0.05, 0.1) is 16.1 Å². The van der Waals surface area contributed by atoms with Crippen molar-refractivity contribution in [2.45, 2.75) is 0 Å². The highest BCUT2D eigenvalue weighted by atomic mass is 79.9. The lowest BCUT2D eigenvalue weighted by atomic mass is 11.0. The molecule has 0 saturated heterocycles. The van der Waals surface area contributed by atoms with E-state index in [4.69, 9.17) is 0 Å². The molecular weight excluding hydrogens is 144 g/mol. The van der Waals surface area contributed by atoms with Gasteiger partial charge in [-0.3, -0.25) is 3.59 Å². The van der Waals surface area contributed by atoms with Gasteiger partial charge in [0.15, 0.2) is 6.33 Å². The van der Waals surface area contributed by atoms with Crippen molar-refractivity contribution in [3.63, 3.8) is 0 Å². The van der Waals surface area contributed by atoms with Crippen molar-refractivity contribution in [1.82, 2.24) is 8.58 Å². The quantitative estimate of drug-likeness (QED) is 0.530. The molecule has 31 valence electrons. The summed E-state index contributed by atoms with van der Waals surface area (Å²) < 4.78 is 1.58. The van der Waals surface area contributed by atoms with Gasteiger partial charge in [-0.25, -0.2) is 4.98 Å². The van der Waals surface area contributed by atoms with E-state index in [2.05, 4.69) is 27.5 Å². The SMILES string of the molecule is Brn1[c]ncc1. The normalized spacial score (nSPS) is 8.83. The first kappa shape index (κ1) is 3.87. The van der Waals surface area contributed by atoms with Crippen LogP contribution in [0.15, 0.2) is 12.4 Å². The van der Waals surface area contributed by atoms with Crippen LogP contribution in [0.1, 0.15) is 0 Å². The highest BCUT2D eigenvalue weighted by molar-refractivity contribution is 9.08. The third kappa shape index (κ3) is 0.597. The van der Waals surface area contributed by atoms with Crippen molar-refractivity contribution in [1.29, 1.82) is 0 Å². The minimum absolute atomic E-state index is 1.58. The van der Waals surface area contributed by atoms with Crippen molar-refractivity contribution < 1.29 is 0 Å². The summed E-state index contributed by atoms with van der Waals surface area (Å²) in [6.07, 6.45) is 5.98. The smallest absolute Gasteiger partial charge is 0.187 e. The maximum atomic E-state index is 3.61. The topological polar surface area (TPSA) is 17.8 Å². The summed E-state index contributed by atoms with van der Waals surface area (Å²) in [6.45, 7) is 0. The van der Waals surface area contributed by atoms with E-state index in [1.807, 2.05) is 0 Å². The van der Waals surface area contributed by atoms with Crippen molar-refractivity contribution in [2.75, 3.05) is 0 Å². The van der Waals surface area contributed by atoms with E-state index < -0.39 is 0 Å². The molecule has 0 aliphatic heterocycles. The van der Waals surface area contributed by atoms with Gasteiger partial charge in [0.1, 0.15) is 0 Å². The van der Waals surface area contributed by atoms with Gasteiger partial charge in [-0.05, 0) is 0 Å². The Kier molecular flexibility index (Phi) is 0.919. The van der Waals surface area contributed by atoms with Crippen molar-refractivity contribution in [3.05, 3.63) is 18.7 Å². The van der Waals surface area contributed by atoms with Crippen LogP contribution in [0.4, 0.5) is 0 Å². The second-order valence-electron chi connectivity index (χ2n) is 0.838. The molecule has 0 fully saturated rings. The van der Waals surface area contributed by atoms with E-state index in [0.29, 0.717) is 0 Å². The highest BCUT2D eigenvalue weighted by Gasteiger charge is 1.73. The van der Waals surface area contributed by atoms with Crippen LogP contribution in [0.3, 0.4) is 0 Å². The monoisotopic (exact) mass is 145 g/mol. The van der Waals surface area contributed by atoms with E-state index in [1.54, 1.807) is 16.0 Å². The zero-order valence-corrected chi connectivity index (χ0v) is 4.51. The van der Waals surface area contributed by atoms with Gasteiger partial charge in [0.2, 0.25) is 0 Å². The molecule has 0 atom stereocenters. The van der Waals surface area contributed by atoms with Crippen LogP contribution in [0.2, 0.25) is 0 Å². The number of aromatic nitrogens is 2. The van der Waals surface area contributed by atoms with Gasteiger partial charge in [0.25, 0.3) is 0 Å². The van der Waals surface area contributed by atoms with Gasteiger partial charge >= 0.3 is 0 Å². The molecule has 1 aromatic heterocycles. The zero-order valence-electron chi connectivity index (χ0n) is 2.93. The number of rotatable bonds is 0. The molecule has 0 spiro atoms. The van der Waals surface area contributed by atoms with E-state index >= 15 is 0 Å². The van der Waals surface area contributed by atoms with Gasteiger partial charge in [-0.1, -0.05) is 0 Å². The fraction of sp³-hybridized carbons (Fsp3) is 0. The molecule has 0 aromatic carbocycles. The maximum Gasteiger partial charge on any atom is 0.187 e. The number of hydrogen-bond donors (Lipinski definition) is 0. The summed E-state index contributed by atoms with van der Waals surface area (Å²) in [5, 5.41) is 0. The Morgan fingerprint density at radius 2 is 2.67 bits per heavy atom. The number of imidazole rings is 1. The first-order valence-electron chi connectivity index (χ1n) is 1.47. The molecule has 1 aromatic rings. The third-order valence-electron chi connectivity index (χ3n) is 0.425. The van der Waals surface area contributed by atoms with Crippen LogP contribution in [0, 0.1) is 6.33 Å². The second-order valence-corrected chi connectivity index (χ2v) is 1.60.